The average molecular weight is 381 g/mol. The van der Waals surface area contributed by atoms with Gasteiger partial charge < -0.3 is 9.30 Å². The third kappa shape index (κ3) is 3.49. The van der Waals surface area contributed by atoms with Gasteiger partial charge in [-0.05, 0) is 49.6 Å². The fourth-order valence-electron chi connectivity index (χ4n) is 3.98. The maximum atomic E-state index is 6.11. The molecule has 1 saturated heterocycles. The molecule has 140 valence electrons. The minimum absolute atomic E-state index is 0.743. The van der Waals surface area contributed by atoms with Gasteiger partial charge in [-0.2, -0.15) is 0 Å². The van der Waals surface area contributed by atoms with Gasteiger partial charge in [0.25, 0.3) is 0 Å². The number of hydrogen-bond donors (Lipinski definition) is 0. The van der Waals surface area contributed by atoms with E-state index in [9.17, 15) is 0 Å². The van der Waals surface area contributed by atoms with Crippen molar-refractivity contribution in [2.75, 3.05) is 33.2 Å². The zero-order valence-electron chi connectivity index (χ0n) is 15.7. The molecule has 1 aliphatic carbocycles. The van der Waals surface area contributed by atoms with Crippen LogP contribution >= 0.6 is 11.6 Å². The maximum absolute atomic E-state index is 6.11. The molecule has 3 aromatic rings. The van der Waals surface area contributed by atoms with E-state index < -0.39 is 0 Å². The van der Waals surface area contributed by atoms with Gasteiger partial charge in [-0.25, -0.2) is 4.98 Å². The van der Waals surface area contributed by atoms with E-state index in [-0.39, 0.29) is 0 Å². The van der Waals surface area contributed by atoms with E-state index in [1.54, 1.807) is 0 Å². The number of imidazole rings is 1. The largest absolute Gasteiger partial charge is 0.304 e. The molecule has 1 aromatic carbocycles. The van der Waals surface area contributed by atoms with Crippen LogP contribution in [-0.2, 0) is 6.54 Å². The Morgan fingerprint density at radius 2 is 1.74 bits per heavy atom. The molecule has 3 heterocycles. The normalized spacial score (nSPS) is 19.0. The van der Waals surface area contributed by atoms with Crippen LogP contribution in [0.5, 0.6) is 0 Å². The third-order valence-corrected chi connectivity index (χ3v) is 6.13. The van der Waals surface area contributed by atoms with Crippen molar-refractivity contribution in [3.8, 4) is 11.3 Å². The summed E-state index contributed by atoms with van der Waals surface area (Å²) in [7, 11) is 2.20. The number of nitrogens with zero attached hydrogens (tertiary/aromatic N) is 4. The highest BCUT2D eigenvalue weighted by atomic mass is 35.5. The van der Waals surface area contributed by atoms with Crippen molar-refractivity contribution in [3.05, 3.63) is 58.9 Å². The van der Waals surface area contributed by atoms with Gasteiger partial charge in [-0.3, -0.25) is 4.90 Å². The Morgan fingerprint density at radius 3 is 2.44 bits per heavy atom. The zero-order valence-corrected chi connectivity index (χ0v) is 16.5. The molecular weight excluding hydrogens is 356 g/mol. The number of rotatable bonds is 4. The summed E-state index contributed by atoms with van der Waals surface area (Å²) in [6, 6.07) is 12.5. The van der Waals surface area contributed by atoms with Crippen LogP contribution in [0.4, 0.5) is 0 Å². The van der Waals surface area contributed by atoms with E-state index in [1.165, 1.54) is 24.1 Å². The van der Waals surface area contributed by atoms with Gasteiger partial charge in [0.15, 0.2) is 0 Å². The van der Waals surface area contributed by atoms with Gasteiger partial charge in [0.05, 0.1) is 11.4 Å². The fourth-order valence-corrected chi connectivity index (χ4v) is 4.10. The lowest BCUT2D eigenvalue weighted by Gasteiger charge is -2.32. The number of piperazine rings is 1. The van der Waals surface area contributed by atoms with Gasteiger partial charge in [-0.15, -0.1) is 0 Å². The van der Waals surface area contributed by atoms with E-state index >= 15 is 0 Å². The zero-order chi connectivity index (χ0) is 18.4. The number of halogens is 1. The van der Waals surface area contributed by atoms with Crippen LogP contribution in [0.15, 0.2) is 42.6 Å². The molecule has 5 rings (SSSR count). The molecule has 0 spiro atoms. The number of benzene rings is 1. The highest BCUT2D eigenvalue weighted by Crippen LogP contribution is 2.40. The van der Waals surface area contributed by atoms with Gasteiger partial charge in [-0.1, -0.05) is 29.8 Å². The number of fused-ring (bicyclic) bond motifs is 1. The summed E-state index contributed by atoms with van der Waals surface area (Å²) in [6.07, 6.45) is 4.96. The van der Waals surface area contributed by atoms with E-state index in [1.807, 2.05) is 12.1 Å². The Kier molecular flexibility index (Phi) is 4.43. The molecular formula is C22H25ClN4. The predicted molar refractivity (Wildman–Crippen MR) is 110 cm³/mol. The molecule has 0 atom stereocenters. The molecule has 4 nitrogen and oxygen atoms in total. The van der Waals surface area contributed by atoms with Crippen LogP contribution in [0.25, 0.3) is 16.9 Å². The summed E-state index contributed by atoms with van der Waals surface area (Å²) in [5.41, 5.74) is 5.99. The van der Waals surface area contributed by atoms with Crippen LogP contribution in [0.3, 0.4) is 0 Å². The number of likely N-dealkylation sites (N-methyl/N-ethyl adjacent to an activating group) is 1. The fraction of sp³-hybridized carbons (Fsp3) is 0.409. The standard InChI is InChI=1S/C22H25ClN4/c1-25-10-12-26(13-11-25)15-20-22(17-4-7-19(23)8-5-17)24-21-9-6-18(14-27(20)21)16-2-3-16/h4-9,14,16H,2-3,10-13,15H2,1H3. The van der Waals surface area contributed by atoms with Crippen molar-refractivity contribution in [2.45, 2.75) is 25.3 Å². The third-order valence-electron chi connectivity index (χ3n) is 5.88. The lowest BCUT2D eigenvalue weighted by atomic mass is 10.1. The van der Waals surface area contributed by atoms with Crippen molar-refractivity contribution >= 4 is 17.2 Å². The summed E-state index contributed by atoms with van der Waals surface area (Å²) >= 11 is 6.11. The second-order valence-electron chi connectivity index (χ2n) is 7.96. The molecule has 0 bridgehead atoms. The highest BCUT2D eigenvalue weighted by molar-refractivity contribution is 6.30. The molecule has 5 heteroatoms. The maximum Gasteiger partial charge on any atom is 0.137 e. The van der Waals surface area contributed by atoms with E-state index in [0.29, 0.717) is 0 Å². The molecule has 1 saturated carbocycles. The van der Waals surface area contributed by atoms with Gasteiger partial charge in [0.1, 0.15) is 5.65 Å². The molecule has 0 radical (unpaired) electrons. The Balaban J connectivity index is 1.58. The molecule has 27 heavy (non-hydrogen) atoms. The summed E-state index contributed by atoms with van der Waals surface area (Å²) in [5.74, 6) is 0.743. The molecule has 2 fully saturated rings. The van der Waals surface area contributed by atoms with E-state index in [4.69, 9.17) is 16.6 Å². The van der Waals surface area contributed by atoms with Crippen LogP contribution in [0, 0.1) is 0 Å². The minimum Gasteiger partial charge on any atom is -0.304 e. The summed E-state index contributed by atoms with van der Waals surface area (Å²) in [5, 5.41) is 0.763. The Morgan fingerprint density at radius 1 is 1.00 bits per heavy atom. The molecule has 1 aliphatic heterocycles. The topological polar surface area (TPSA) is 23.8 Å². The Labute approximate surface area is 165 Å². The van der Waals surface area contributed by atoms with Crippen molar-refractivity contribution in [1.82, 2.24) is 19.2 Å². The lowest BCUT2D eigenvalue weighted by molar-refractivity contribution is 0.147. The van der Waals surface area contributed by atoms with Gasteiger partial charge in [0.2, 0.25) is 0 Å². The second-order valence-corrected chi connectivity index (χ2v) is 8.39. The van der Waals surface area contributed by atoms with Gasteiger partial charge in [0, 0.05) is 49.5 Å². The first kappa shape index (κ1) is 17.2. The van der Waals surface area contributed by atoms with Crippen molar-refractivity contribution < 1.29 is 0 Å². The summed E-state index contributed by atoms with van der Waals surface area (Å²) in [4.78, 5) is 9.94. The number of pyridine rings is 1. The van der Waals surface area contributed by atoms with Gasteiger partial charge >= 0.3 is 0 Å². The molecule has 0 N–H and O–H groups in total. The van der Waals surface area contributed by atoms with Crippen LogP contribution in [0.1, 0.15) is 30.0 Å². The van der Waals surface area contributed by atoms with Crippen molar-refractivity contribution in [2.24, 2.45) is 0 Å². The van der Waals surface area contributed by atoms with Crippen molar-refractivity contribution in [3.63, 3.8) is 0 Å². The van der Waals surface area contributed by atoms with E-state index in [2.05, 4.69) is 51.7 Å². The van der Waals surface area contributed by atoms with Crippen LogP contribution < -0.4 is 0 Å². The number of hydrogen-bond acceptors (Lipinski definition) is 3. The Hall–Kier alpha value is -1.88. The molecule has 2 aromatic heterocycles. The second kappa shape index (κ2) is 6.93. The molecule has 0 amide bonds. The smallest absolute Gasteiger partial charge is 0.137 e. The van der Waals surface area contributed by atoms with Crippen molar-refractivity contribution in [1.29, 1.82) is 0 Å². The predicted octanol–water partition coefficient (Wildman–Crippen LogP) is 4.28. The monoisotopic (exact) mass is 380 g/mol. The van der Waals surface area contributed by atoms with Crippen LogP contribution in [-0.4, -0.2) is 52.4 Å². The summed E-state index contributed by atoms with van der Waals surface area (Å²) in [6.45, 7) is 5.39. The first-order valence-electron chi connectivity index (χ1n) is 9.85. The SMILES string of the molecule is CN1CCN(Cc2c(-c3ccc(Cl)cc3)nc3ccc(C4CC4)cn23)CC1. The first-order valence-corrected chi connectivity index (χ1v) is 10.2. The first-order chi connectivity index (χ1) is 13.2. The van der Waals surface area contributed by atoms with E-state index in [0.717, 1.165) is 60.6 Å². The minimum atomic E-state index is 0.743. The van der Waals surface area contributed by atoms with Crippen LogP contribution in [0.2, 0.25) is 5.02 Å². The molecule has 2 aliphatic rings. The Bertz CT molecular complexity index is 950. The lowest BCUT2D eigenvalue weighted by Crippen LogP contribution is -2.44. The number of aromatic nitrogens is 2. The highest BCUT2D eigenvalue weighted by Gasteiger charge is 2.25. The summed E-state index contributed by atoms with van der Waals surface area (Å²) < 4.78 is 2.33. The quantitative estimate of drug-likeness (QED) is 0.675. The molecule has 0 unspecified atom stereocenters. The average Bonchev–Trinajstić information content (AvgIpc) is 3.47.